The third kappa shape index (κ3) is 8.12. The van der Waals surface area contributed by atoms with Gasteiger partial charge in [0.05, 0.1) is 49.7 Å². The smallest absolute Gasteiger partial charge is 0.252 e. The van der Waals surface area contributed by atoms with Crippen LogP contribution in [0.3, 0.4) is 0 Å². The zero-order chi connectivity index (χ0) is 71.2. The summed E-state index contributed by atoms with van der Waals surface area (Å²) in [4.78, 5) is 4.44. The molecule has 0 amide bonds. The Hall–Kier alpha value is -10.1. The molecule has 2 aliphatic rings. The van der Waals surface area contributed by atoms with E-state index in [0.29, 0.717) is 22.7 Å². The fraction of sp³-hybridized carbons (Fsp3) is 0.100. The first-order valence-corrected chi connectivity index (χ1v) is 28.6. The van der Waals surface area contributed by atoms with Gasteiger partial charge in [-0.15, -0.1) is 0 Å². The first-order chi connectivity index (χ1) is 48.1. The lowest BCUT2D eigenvalue weighted by Crippen LogP contribution is -2.61. The number of nitrogens with zero attached hydrogens (tertiary/aromatic N) is 4. The van der Waals surface area contributed by atoms with Crippen LogP contribution < -0.4 is 26.2 Å². The predicted molar refractivity (Wildman–Crippen MR) is 363 cm³/mol. The van der Waals surface area contributed by atoms with E-state index < -0.39 is 103 Å². The van der Waals surface area contributed by atoms with Crippen LogP contribution in [0.4, 0.5) is 34.1 Å². The maximum absolute atomic E-state index is 9.63. The van der Waals surface area contributed by atoms with Crippen LogP contribution in [0, 0.1) is 0 Å². The van der Waals surface area contributed by atoms with E-state index in [1.807, 2.05) is 91.0 Å². The van der Waals surface area contributed by atoms with E-state index in [1.165, 1.54) is 4.57 Å². The highest BCUT2D eigenvalue weighted by molar-refractivity contribution is 7.00. The van der Waals surface area contributed by atoms with Gasteiger partial charge in [0, 0.05) is 66.9 Å². The van der Waals surface area contributed by atoms with Gasteiger partial charge in [0.15, 0.2) is 0 Å². The number of para-hydroxylation sites is 5. The van der Waals surface area contributed by atoms with Gasteiger partial charge in [0.25, 0.3) is 6.71 Å². The van der Waals surface area contributed by atoms with E-state index in [2.05, 4.69) is 136 Å². The van der Waals surface area contributed by atoms with E-state index >= 15 is 0 Å². The maximum Gasteiger partial charge on any atom is 0.252 e. The highest BCUT2D eigenvalue weighted by Gasteiger charge is 2.44. The molecule has 0 saturated carbocycles. The lowest BCUT2D eigenvalue weighted by molar-refractivity contribution is 0.569. The molecule has 0 saturated heterocycles. The molecule has 16 rings (SSSR count). The molecule has 14 aromatic rings. The third-order valence-corrected chi connectivity index (χ3v) is 17.1. The zero-order valence-electron chi connectivity index (χ0n) is 63.6. The Labute approximate surface area is 520 Å². The average Bonchev–Trinajstić information content (AvgIpc) is 1.36. The van der Waals surface area contributed by atoms with Crippen molar-refractivity contribution in [1.82, 2.24) is 9.13 Å². The molecule has 0 unspecified atom stereocenters. The van der Waals surface area contributed by atoms with Crippen LogP contribution in [0.1, 0.15) is 74.6 Å². The number of anilines is 6. The zero-order valence-corrected chi connectivity index (χ0v) is 47.6. The van der Waals surface area contributed by atoms with Crippen molar-refractivity contribution >= 4 is 101 Å². The Bertz CT molecular complexity index is 5790. The Kier molecular flexibility index (Phi) is 8.25. The summed E-state index contributed by atoms with van der Waals surface area (Å²) in [5, 5.41) is -0.234. The van der Waals surface area contributed by atoms with Gasteiger partial charge in [-0.3, -0.25) is 0 Å². The first-order valence-electron chi connectivity index (χ1n) is 36.6. The van der Waals surface area contributed by atoms with Crippen LogP contribution in [-0.2, 0) is 10.8 Å². The molecule has 2 aliphatic heterocycles. The van der Waals surface area contributed by atoms with Crippen molar-refractivity contribution in [1.29, 1.82) is 0 Å². The molecule has 4 nitrogen and oxygen atoms in total. The highest BCUT2D eigenvalue weighted by atomic mass is 15.2. The summed E-state index contributed by atoms with van der Waals surface area (Å²) in [5.41, 5.74) is 14.5. The van der Waals surface area contributed by atoms with Gasteiger partial charge < -0.3 is 18.9 Å². The molecule has 0 radical (unpaired) electrons. The summed E-state index contributed by atoms with van der Waals surface area (Å²) >= 11 is 0. The van der Waals surface area contributed by atoms with Gasteiger partial charge in [-0.1, -0.05) is 235 Å². The quantitative estimate of drug-likeness (QED) is 0.148. The third-order valence-electron chi connectivity index (χ3n) is 17.1. The van der Waals surface area contributed by atoms with E-state index in [-0.39, 0.29) is 54.4 Å². The summed E-state index contributed by atoms with van der Waals surface area (Å²) in [6, 6.07) is 51.2. The van der Waals surface area contributed by atoms with Crippen molar-refractivity contribution in [2.24, 2.45) is 0 Å². The fourth-order valence-corrected chi connectivity index (χ4v) is 13.0. The van der Waals surface area contributed by atoms with Crippen LogP contribution in [0.25, 0.3) is 88.4 Å². The summed E-state index contributed by atoms with van der Waals surface area (Å²) in [6.07, 6.45) is 0. The molecule has 406 valence electrons. The van der Waals surface area contributed by atoms with Crippen LogP contribution in [0.5, 0.6) is 0 Å². The van der Waals surface area contributed by atoms with Crippen molar-refractivity contribution in [2.45, 2.75) is 52.4 Å². The summed E-state index contributed by atoms with van der Waals surface area (Å²) in [6.45, 7) is 12.6. The number of rotatable bonds is 7. The molecular formula is C80H63BN4. The van der Waals surface area contributed by atoms with E-state index in [0.717, 1.165) is 83.6 Å². The minimum Gasteiger partial charge on any atom is -0.311 e. The first kappa shape index (κ1) is 36.5. The monoisotopic (exact) mass is 1110 g/mol. The molecule has 4 heterocycles. The molecule has 85 heavy (non-hydrogen) atoms. The molecule has 0 aliphatic carbocycles. The second-order valence-electron chi connectivity index (χ2n) is 24.2. The van der Waals surface area contributed by atoms with Gasteiger partial charge in [-0.05, 0) is 145 Å². The van der Waals surface area contributed by atoms with Gasteiger partial charge >= 0.3 is 0 Å². The van der Waals surface area contributed by atoms with Crippen LogP contribution in [0.2, 0.25) is 0 Å². The number of benzene rings is 12. The topological polar surface area (TPSA) is 16.3 Å². The Morgan fingerprint density at radius 1 is 0.318 bits per heavy atom. The maximum atomic E-state index is 9.63. The minimum atomic E-state index is -0.671. The molecule has 0 fully saturated rings. The second kappa shape index (κ2) is 19.2. The van der Waals surface area contributed by atoms with E-state index in [1.54, 1.807) is 4.57 Å². The van der Waals surface area contributed by atoms with Crippen molar-refractivity contribution in [3.8, 4) is 44.8 Å². The fourth-order valence-electron chi connectivity index (χ4n) is 13.0. The van der Waals surface area contributed by atoms with Crippen molar-refractivity contribution in [2.75, 3.05) is 9.80 Å². The van der Waals surface area contributed by atoms with Crippen LogP contribution >= 0.6 is 0 Å². The van der Waals surface area contributed by atoms with Crippen LogP contribution in [-0.4, -0.2) is 15.8 Å². The van der Waals surface area contributed by atoms with Crippen molar-refractivity contribution in [3.05, 3.63) is 284 Å². The van der Waals surface area contributed by atoms with Crippen molar-refractivity contribution in [3.63, 3.8) is 0 Å². The molecule has 12 aromatic carbocycles. The normalized spacial score (nSPS) is 15.6. The molecule has 2 aromatic heterocycles. The van der Waals surface area contributed by atoms with Gasteiger partial charge in [-0.25, -0.2) is 0 Å². The predicted octanol–water partition coefficient (Wildman–Crippen LogP) is 19.6. The number of fused-ring (bicyclic) bond motifs is 10. The molecule has 0 N–H and O–H groups in total. The minimum absolute atomic E-state index is 0.0345. The molecule has 5 heteroatoms. The number of hydrogen-bond acceptors (Lipinski definition) is 2. The van der Waals surface area contributed by atoms with Crippen molar-refractivity contribution < 1.29 is 21.9 Å². The summed E-state index contributed by atoms with van der Waals surface area (Å²) < 4.78 is 151. The number of aromatic nitrogens is 2. The Balaban J connectivity index is 1.07. The highest BCUT2D eigenvalue weighted by Crippen LogP contribution is 2.50. The van der Waals surface area contributed by atoms with E-state index in [9.17, 15) is 11.0 Å². The molecular weight excluding hydrogens is 1030 g/mol. The standard InChI is InChI=1S/C80H63BN4/c1-79(2,3)57-44-55(45-58(49-57)80(4,5)6)54-28-23-29-59(46-54)84-74-50-60(82-70-36-19-14-31-63(70)64-32-15-20-37-71(64)82)40-42-67(74)81-68-43-41-61(83-72-38-21-16-33-65(72)66-34-17-22-39-73(66)83)51-75(68)85(69-35-18-13-30-62(69)53-26-11-8-12-27-53)77-48-56(47-76(84)78(77)81)52-24-9-7-10-25-52/h7-51H,1-6H3/i14D,15D,16D,17D,19D,20D,21D,22D,31D,32D,33D,34D,36D,37D,38D,39D. The molecule has 0 spiro atoms. The van der Waals surface area contributed by atoms with Gasteiger partial charge in [0.1, 0.15) is 0 Å². The molecule has 0 atom stereocenters. The Morgan fingerprint density at radius 3 is 1.27 bits per heavy atom. The Morgan fingerprint density at radius 2 is 0.753 bits per heavy atom. The van der Waals surface area contributed by atoms with E-state index in [4.69, 9.17) is 11.0 Å². The van der Waals surface area contributed by atoms with Gasteiger partial charge in [-0.2, -0.15) is 0 Å². The largest absolute Gasteiger partial charge is 0.311 e. The SMILES string of the molecule is [2H]c1c([2H])c([2H])c2c(c1[2H])c1c([2H])c([2H])c([2H])c([2H])c1n2-c1ccc2c(c1)N(c1cccc(-c3cc(C(C)(C)C)cc(C(C)(C)C)c3)c1)c1cc(-c3ccccc3)cc3c1B2c1ccc(-n2c4c([2H])c([2H])c([2H])c([2H])c4c4c([2H])c([2H])c([2H])c([2H])c42)cc1N3c1ccccc1-c1ccccc1. The average molecular weight is 1110 g/mol. The molecule has 0 bridgehead atoms. The van der Waals surface area contributed by atoms with Gasteiger partial charge in [0.2, 0.25) is 0 Å². The lowest BCUT2D eigenvalue weighted by atomic mass is 9.33. The second-order valence-corrected chi connectivity index (χ2v) is 24.2. The number of hydrogen-bond donors (Lipinski definition) is 0. The summed E-state index contributed by atoms with van der Waals surface area (Å²) in [7, 11) is 0. The van der Waals surface area contributed by atoms with Crippen LogP contribution in [0.15, 0.2) is 273 Å². The summed E-state index contributed by atoms with van der Waals surface area (Å²) in [5.74, 6) is 0. The lowest BCUT2D eigenvalue weighted by Gasteiger charge is -2.45.